The molecule has 1 saturated heterocycles. The van der Waals surface area contributed by atoms with Crippen LogP contribution in [0.4, 0.5) is 5.69 Å². The van der Waals surface area contributed by atoms with Gasteiger partial charge in [-0.15, -0.1) is 0 Å². The molecule has 0 bridgehead atoms. The summed E-state index contributed by atoms with van der Waals surface area (Å²) < 4.78 is 16.9. The van der Waals surface area contributed by atoms with Crippen LogP contribution < -0.4 is 20.1 Å². The van der Waals surface area contributed by atoms with Crippen LogP contribution in [-0.4, -0.2) is 69.5 Å². The SMILES string of the molecule is CN=C(NCC(C)N1CCOCC1C)Nc1ccc2c(c1)OCCCO2. The van der Waals surface area contributed by atoms with E-state index in [0.717, 1.165) is 55.9 Å². The van der Waals surface area contributed by atoms with E-state index >= 15 is 0 Å². The van der Waals surface area contributed by atoms with E-state index in [9.17, 15) is 0 Å². The largest absolute Gasteiger partial charge is 0.490 e. The maximum Gasteiger partial charge on any atom is 0.195 e. The van der Waals surface area contributed by atoms with Crippen molar-refractivity contribution < 1.29 is 14.2 Å². The van der Waals surface area contributed by atoms with Gasteiger partial charge in [0.1, 0.15) is 0 Å². The summed E-state index contributed by atoms with van der Waals surface area (Å²) in [6.07, 6.45) is 0.901. The minimum Gasteiger partial charge on any atom is -0.490 e. The molecule has 0 amide bonds. The zero-order valence-electron chi connectivity index (χ0n) is 16.0. The second-order valence-corrected chi connectivity index (χ2v) is 6.80. The van der Waals surface area contributed by atoms with E-state index < -0.39 is 0 Å². The van der Waals surface area contributed by atoms with Crippen LogP contribution >= 0.6 is 0 Å². The maximum absolute atomic E-state index is 5.75. The van der Waals surface area contributed by atoms with E-state index in [2.05, 4.69) is 34.4 Å². The molecule has 2 heterocycles. The number of rotatable bonds is 4. The molecule has 2 N–H and O–H groups in total. The fourth-order valence-electron chi connectivity index (χ4n) is 3.31. The maximum atomic E-state index is 5.75. The molecule has 0 radical (unpaired) electrons. The minimum absolute atomic E-state index is 0.399. The average molecular weight is 362 g/mol. The second kappa shape index (κ2) is 9.09. The quantitative estimate of drug-likeness (QED) is 0.630. The molecule has 0 aliphatic carbocycles. The molecule has 3 rings (SSSR count). The van der Waals surface area contributed by atoms with Gasteiger partial charge in [0.05, 0.1) is 26.4 Å². The number of fused-ring (bicyclic) bond motifs is 1. The summed E-state index contributed by atoms with van der Waals surface area (Å²) in [7, 11) is 1.78. The lowest BCUT2D eigenvalue weighted by atomic mass is 10.2. The second-order valence-electron chi connectivity index (χ2n) is 6.80. The Morgan fingerprint density at radius 1 is 1.27 bits per heavy atom. The van der Waals surface area contributed by atoms with E-state index in [1.54, 1.807) is 7.05 Å². The highest BCUT2D eigenvalue weighted by Gasteiger charge is 2.23. The molecule has 1 aromatic carbocycles. The van der Waals surface area contributed by atoms with Crippen molar-refractivity contribution in [2.45, 2.75) is 32.4 Å². The number of hydrogen-bond donors (Lipinski definition) is 2. The number of nitrogens with one attached hydrogen (secondary N) is 2. The zero-order valence-corrected chi connectivity index (χ0v) is 16.0. The van der Waals surface area contributed by atoms with Crippen LogP contribution in [0.1, 0.15) is 20.3 Å². The highest BCUT2D eigenvalue weighted by Crippen LogP contribution is 2.32. The number of guanidine groups is 1. The molecule has 2 unspecified atom stereocenters. The Balaban J connectivity index is 1.55. The van der Waals surface area contributed by atoms with Crippen molar-refractivity contribution >= 4 is 11.6 Å². The van der Waals surface area contributed by atoms with Gasteiger partial charge in [-0.3, -0.25) is 9.89 Å². The van der Waals surface area contributed by atoms with Crippen LogP contribution in [0.2, 0.25) is 0 Å². The monoisotopic (exact) mass is 362 g/mol. The number of aliphatic imine (C=N–C) groups is 1. The van der Waals surface area contributed by atoms with E-state index in [0.29, 0.717) is 25.3 Å². The molecule has 0 spiro atoms. The van der Waals surface area contributed by atoms with Crippen LogP contribution in [0.5, 0.6) is 11.5 Å². The summed E-state index contributed by atoms with van der Waals surface area (Å²) in [5.41, 5.74) is 0.926. The molecule has 1 aromatic rings. The van der Waals surface area contributed by atoms with Gasteiger partial charge in [0.25, 0.3) is 0 Å². The number of nitrogens with zero attached hydrogens (tertiary/aromatic N) is 2. The first-order chi connectivity index (χ1) is 12.7. The van der Waals surface area contributed by atoms with E-state index in [-0.39, 0.29) is 0 Å². The van der Waals surface area contributed by atoms with Crippen molar-refractivity contribution in [2.75, 3.05) is 51.9 Å². The van der Waals surface area contributed by atoms with Gasteiger partial charge in [-0.25, -0.2) is 0 Å². The minimum atomic E-state index is 0.399. The Hall–Kier alpha value is -1.99. The number of morpholine rings is 1. The van der Waals surface area contributed by atoms with Crippen molar-refractivity contribution in [1.82, 2.24) is 10.2 Å². The number of benzene rings is 1. The van der Waals surface area contributed by atoms with Gasteiger partial charge in [0.2, 0.25) is 0 Å². The molecule has 7 nitrogen and oxygen atoms in total. The molecule has 0 aromatic heterocycles. The molecule has 2 atom stereocenters. The van der Waals surface area contributed by atoms with E-state index in [1.807, 2.05) is 18.2 Å². The van der Waals surface area contributed by atoms with Gasteiger partial charge in [-0.2, -0.15) is 0 Å². The number of anilines is 1. The number of ether oxygens (including phenoxy) is 3. The van der Waals surface area contributed by atoms with E-state index in [1.165, 1.54) is 0 Å². The lowest BCUT2D eigenvalue weighted by molar-refractivity contribution is -0.0173. The van der Waals surface area contributed by atoms with Crippen molar-refractivity contribution in [3.8, 4) is 11.5 Å². The van der Waals surface area contributed by atoms with Gasteiger partial charge >= 0.3 is 0 Å². The van der Waals surface area contributed by atoms with Gasteiger partial charge in [-0.05, 0) is 26.0 Å². The molecule has 1 fully saturated rings. The fourth-order valence-corrected chi connectivity index (χ4v) is 3.31. The van der Waals surface area contributed by atoms with Crippen molar-refractivity contribution in [2.24, 2.45) is 4.99 Å². The summed E-state index contributed by atoms with van der Waals surface area (Å²) in [6.45, 7) is 9.20. The third-order valence-corrected chi connectivity index (χ3v) is 4.78. The molecule has 7 heteroatoms. The molecule has 144 valence electrons. The van der Waals surface area contributed by atoms with Gasteiger partial charge in [0.15, 0.2) is 17.5 Å². The van der Waals surface area contributed by atoms with Crippen molar-refractivity contribution in [3.63, 3.8) is 0 Å². The third kappa shape index (κ3) is 4.80. The Bertz CT molecular complexity index is 623. The molecular weight excluding hydrogens is 332 g/mol. The lowest BCUT2D eigenvalue weighted by Gasteiger charge is -2.38. The highest BCUT2D eigenvalue weighted by molar-refractivity contribution is 5.93. The predicted octanol–water partition coefficient (Wildman–Crippen LogP) is 1.94. The topological polar surface area (TPSA) is 67.4 Å². The smallest absolute Gasteiger partial charge is 0.195 e. The predicted molar refractivity (Wildman–Crippen MR) is 103 cm³/mol. The molecule has 2 aliphatic heterocycles. The van der Waals surface area contributed by atoms with Crippen LogP contribution in [0.25, 0.3) is 0 Å². The average Bonchev–Trinajstić information content (AvgIpc) is 2.90. The normalized spacial score (nSPS) is 22.4. The first-order valence-corrected chi connectivity index (χ1v) is 9.38. The summed E-state index contributed by atoms with van der Waals surface area (Å²) in [4.78, 5) is 6.80. The first kappa shape index (κ1) is 18.8. The summed E-state index contributed by atoms with van der Waals surface area (Å²) >= 11 is 0. The Labute approximate surface area is 155 Å². The van der Waals surface area contributed by atoms with E-state index in [4.69, 9.17) is 14.2 Å². The van der Waals surface area contributed by atoms with Crippen LogP contribution in [-0.2, 0) is 4.74 Å². The number of hydrogen-bond acceptors (Lipinski definition) is 5. The van der Waals surface area contributed by atoms with Crippen molar-refractivity contribution in [1.29, 1.82) is 0 Å². The first-order valence-electron chi connectivity index (χ1n) is 9.38. The molecule has 2 aliphatic rings. The summed E-state index contributed by atoms with van der Waals surface area (Å²) in [6, 6.07) is 6.72. The molecular formula is C19H30N4O3. The van der Waals surface area contributed by atoms with Crippen molar-refractivity contribution in [3.05, 3.63) is 18.2 Å². The van der Waals surface area contributed by atoms with Gasteiger partial charge < -0.3 is 24.8 Å². The third-order valence-electron chi connectivity index (χ3n) is 4.78. The lowest BCUT2D eigenvalue weighted by Crippen LogP contribution is -2.52. The molecule has 0 saturated carbocycles. The Kier molecular flexibility index (Phi) is 6.57. The van der Waals surface area contributed by atoms with Gasteiger partial charge in [0, 0.05) is 50.4 Å². The van der Waals surface area contributed by atoms with Crippen LogP contribution in [0, 0.1) is 0 Å². The highest BCUT2D eigenvalue weighted by atomic mass is 16.5. The van der Waals surface area contributed by atoms with Gasteiger partial charge in [-0.1, -0.05) is 0 Å². The van der Waals surface area contributed by atoms with Crippen LogP contribution in [0.3, 0.4) is 0 Å². The summed E-state index contributed by atoms with van der Waals surface area (Å²) in [5, 5.41) is 6.74. The standard InChI is InChI=1S/C19H30N4O3/c1-14(23-7-10-24-13-15(23)2)12-21-19(20-3)22-16-5-6-17-18(11-16)26-9-4-8-25-17/h5-6,11,14-15H,4,7-10,12-13H2,1-3H3,(H2,20,21,22). The summed E-state index contributed by atoms with van der Waals surface area (Å²) in [5.74, 6) is 2.32. The zero-order chi connectivity index (χ0) is 18.4. The van der Waals surface area contributed by atoms with Crippen LogP contribution in [0.15, 0.2) is 23.2 Å². The Morgan fingerprint density at radius 3 is 2.85 bits per heavy atom. The Morgan fingerprint density at radius 2 is 2.08 bits per heavy atom. The molecule has 26 heavy (non-hydrogen) atoms. The fraction of sp³-hybridized carbons (Fsp3) is 0.632.